The van der Waals surface area contributed by atoms with Crippen LogP contribution in [0.3, 0.4) is 0 Å². The van der Waals surface area contributed by atoms with E-state index in [0.717, 1.165) is 21.9 Å². The van der Waals surface area contributed by atoms with Gasteiger partial charge in [-0.05, 0) is 0 Å². The van der Waals surface area contributed by atoms with Gasteiger partial charge in [-0.2, -0.15) is 0 Å². The van der Waals surface area contributed by atoms with Crippen LogP contribution in [0.5, 0.6) is 0 Å². The second-order valence-electron chi connectivity index (χ2n) is 4.97. The van der Waals surface area contributed by atoms with Crippen LogP contribution in [-0.2, 0) is 20.7 Å². The largest absolute Gasteiger partial charge is 1.00 e. The molecule has 2 aromatic carbocycles. The van der Waals surface area contributed by atoms with Crippen LogP contribution in [0, 0.1) is 13.0 Å². The molecular weight excluding hydrogens is 374 g/mol. The first kappa shape index (κ1) is 26.5. The van der Waals surface area contributed by atoms with Gasteiger partial charge in [0.2, 0.25) is 0 Å². The number of aryl methyl sites for hydroxylation is 1. The van der Waals surface area contributed by atoms with Gasteiger partial charge in [-0.3, -0.25) is 0 Å². The number of hydrogen-bond acceptors (Lipinski definition) is 6. The Morgan fingerprint density at radius 3 is 2.00 bits per heavy atom. The minimum absolute atomic E-state index is 0. The van der Waals surface area contributed by atoms with E-state index in [9.17, 15) is 13.0 Å². The first-order valence-corrected chi connectivity index (χ1v) is 8.62. The van der Waals surface area contributed by atoms with Gasteiger partial charge in [-0.15, -0.1) is 52.7 Å². The van der Waals surface area contributed by atoms with Gasteiger partial charge in [0.25, 0.3) is 0 Å². The SMILES string of the molecule is Cc1c[c-]c2c(C(C)C)cc(S(=O)(=O)[O-])cc2c1.O=S(=O)=O.[Na+].[Na+]. The van der Waals surface area contributed by atoms with Gasteiger partial charge in [0, 0.05) is 4.90 Å². The van der Waals surface area contributed by atoms with Crippen molar-refractivity contribution in [2.24, 2.45) is 0 Å². The van der Waals surface area contributed by atoms with E-state index in [1.807, 2.05) is 32.9 Å². The third-order valence-electron chi connectivity index (χ3n) is 2.91. The molecule has 0 heterocycles. The van der Waals surface area contributed by atoms with Gasteiger partial charge in [0.15, 0.2) is 0 Å². The van der Waals surface area contributed by atoms with Crippen LogP contribution < -0.4 is 59.1 Å². The molecule has 0 aliphatic carbocycles. The Morgan fingerprint density at radius 2 is 1.58 bits per heavy atom. The Balaban J connectivity index is 0. The number of rotatable bonds is 2. The number of benzene rings is 2. The number of hydrogen-bond donors (Lipinski definition) is 0. The maximum Gasteiger partial charge on any atom is 1.00 e. The van der Waals surface area contributed by atoms with Crippen LogP contribution in [-0.4, -0.2) is 25.6 Å². The molecule has 2 rings (SSSR count). The van der Waals surface area contributed by atoms with Crippen LogP contribution in [0.25, 0.3) is 10.8 Å². The molecule has 24 heavy (non-hydrogen) atoms. The summed E-state index contributed by atoms with van der Waals surface area (Å²) in [6.07, 6.45) is 0. The molecule has 0 bridgehead atoms. The van der Waals surface area contributed by atoms with Crippen molar-refractivity contribution in [2.45, 2.75) is 31.6 Å². The van der Waals surface area contributed by atoms with Crippen molar-refractivity contribution in [3.05, 3.63) is 41.5 Å². The Morgan fingerprint density at radius 1 is 1.08 bits per heavy atom. The van der Waals surface area contributed by atoms with Crippen LogP contribution in [0.1, 0.15) is 30.9 Å². The summed E-state index contributed by atoms with van der Waals surface area (Å²) >= 11 is 0. The van der Waals surface area contributed by atoms with Gasteiger partial charge in [0.1, 0.15) is 10.1 Å². The molecule has 10 heteroatoms. The molecule has 0 aliphatic heterocycles. The average Bonchev–Trinajstić information content (AvgIpc) is 2.34. The maximum atomic E-state index is 11.2. The molecule has 120 valence electrons. The van der Waals surface area contributed by atoms with Crippen molar-refractivity contribution in [1.29, 1.82) is 0 Å². The molecular formula is C14H14Na2O6S2. The zero-order chi connectivity index (χ0) is 17.1. The van der Waals surface area contributed by atoms with Crippen molar-refractivity contribution >= 4 is 31.5 Å². The van der Waals surface area contributed by atoms with E-state index >= 15 is 0 Å². The molecule has 2 aromatic rings. The first-order valence-electron chi connectivity index (χ1n) is 6.21. The summed E-state index contributed by atoms with van der Waals surface area (Å²) < 4.78 is 58.8. The summed E-state index contributed by atoms with van der Waals surface area (Å²) in [6, 6.07) is 9.76. The molecule has 0 radical (unpaired) electrons. The molecule has 0 unspecified atom stereocenters. The minimum Gasteiger partial charge on any atom is -0.744 e. The zero-order valence-corrected chi connectivity index (χ0v) is 19.8. The van der Waals surface area contributed by atoms with Crippen molar-refractivity contribution in [3.8, 4) is 0 Å². The predicted molar refractivity (Wildman–Crippen MR) is 79.3 cm³/mol. The van der Waals surface area contributed by atoms with E-state index < -0.39 is 20.7 Å². The Labute approximate surface area is 187 Å². The monoisotopic (exact) mass is 388 g/mol. The molecule has 0 atom stereocenters. The van der Waals surface area contributed by atoms with Gasteiger partial charge in [-0.1, -0.05) is 38.8 Å². The van der Waals surface area contributed by atoms with E-state index in [4.69, 9.17) is 12.6 Å². The normalized spacial score (nSPS) is 10.2. The third kappa shape index (κ3) is 8.07. The molecule has 0 fully saturated rings. The Kier molecular flexibility index (Phi) is 12.2. The molecule has 0 saturated heterocycles. The summed E-state index contributed by atoms with van der Waals surface area (Å²) in [4.78, 5) is -0.169. The second-order valence-corrected chi connectivity index (χ2v) is 6.75. The average molecular weight is 388 g/mol. The van der Waals surface area contributed by atoms with E-state index in [0.29, 0.717) is 0 Å². The topological polar surface area (TPSA) is 108 Å². The minimum atomic E-state index is -4.43. The van der Waals surface area contributed by atoms with Crippen molar-refractivity contribution < 1.29 is 84.7 Å². The molecule has 0 N–H and O–H groups in total. The summed E-state index contributed by atoms with van der Waals surface area (Å²) in [5.41, 5.74) is 1.82. The quantitative estimate of drug-likeness (QED) is 0.295. The summed E-state index contributed by atoms with van der Waals surface area (Å²) in [5, 5.41) is 1.62. The maximum absolute atomic E-state index is 11.2. The van der Waals surface area contributed by atoms with Crippen LogP contribution in [0.4, 0.5) is 0 Å². The Bertz CT molecular complexity index is 900. The molecule has 0 amide bonds. The van der Waals surface area contributed by atoms with E-state index in [-0.39, 0.29) is 69.9 Å². The van der Waals surface area contributed by atoms with Crippen LogP contribution >= 0.6 is 0 Å². The van der Waals surface area contributed by atoms with E-state index in [1.165, 1.54) is 12.1 Å². The fourth-order valence-electron chi connectivity index (χ4n) is 2.01. The smallest absolute Gasteiger partial charge is 0.744 e. The Hall–Kier alpha value is 0.230. The van der Waals surface area contributed by atoms with Gasteiger partial charge < -0.3 is 4.55 Å². The third-order valence-corrected chi connectivity index (χ3v) is 3.72. The summed E-state index contributed by atoms with van der Waals surface area (Å²) in [6.45, 7) is 5.83. The second kappa shape index (κ2) is 11.1. The summed E-state index contributed by atoms with van der Waals surface area (Å²) in [7, 11) is -7.54. The van der Waals surface area contributed by atoms with Crippen molar-refractivity contribution in [1.82, 2.24) is 0 Å². The van der Waals surface area contributed by atoms with E-state index in [1.54, 1.807) is 0 Å². The van der Waals surface area contributed by atoms with Gasteiger partial charge in [0.05, 0.1) is 0 Å². The van der Waals surface area contributed by atoms with Crippen LogP contribution in [0.2, 0.25) is 0 Å². The zero-order valence-electron chi connectivity index (χ0n) is 14.2. The van der Waals surface area contributed by atoms with E-state index in [2.05, 4.69) is 6.07 Å². The predicted octanol–water partition coefficient (Wildman–Crippen LogP) is -4.02. The fraction of sp³-hybridized carbons (Fsp3) is 0.286. The molecule has 0 aromatic heterocycles. The van der Waals surface area contributed by atoms with Crippen molar-refractivity contribution in [2.75, 3.05) is 0 Å². The number of fused-ring (bicyclic) bond motifs is 1. The molecule has 0 saturated carbocycles. The van der Waals surface area contributed by atoms with Gasteiger partial charge >= 0.3 is 69.7 Å². The standard InChI is InChI=1S/C14H15O3S.2Na.O3S/c1-9(2)14-8-12(18(15,16)17)7-11-6-10(3)4-5-13(11)14;;;1-4(2)3/h4,6-9H,1-3H3,(H,15,16,17);;;/q-1;2*+1;/p-1. The van der Waals surface area contributed by atoms with Gasteiger partial charge in [-0.25, -0.2) is 8.42 Å². The summed E-state index contributed by atoms with van der Waals surface area (Å²) in [5.74, 6) is 0.133. The molecule has 0 aliphatic rings. The fourth-order valence-corrected chi connectivity index (χ4v) is 2.55. The van der Waals surface area contributed by atoms with Crippen molar-refractivity contribution in [3.63, 3.8) is 0 Å². The molecule has 6 nitrogen and oxygen atoms in total. The van der Waals surface area contributed by atoms with Crippen LogP contribution in [0.15, 0.2) is 29.2 Å². The molecule has 0 spiro atoms. The first-order chi connectivity index (χ1) is 10.0.